The lowest BCUT2D eigenvalue weighted by Crippen LogP contribution is -2.03. The summed E-state index contributed by atoms with van der Waals surface area (Å²) in [6.07, 6.45) is 7.22. The summed E-state index contributed by atoms with van der Waals surface area (Å²) in [5, 5.41) is 3.01. The molecule has 3 N–H and O–H groups in total. The molecule has 4 heteroatoms. The van der Waals surface area contributed by atoms with Crippen molar-refractivity contribution in [1.29, 1.82) is 0 Å². The van der Waals surface area contributed by atoms with E-state index in [2.05, 4.69) is 15.3 Å². The van der Waals surface area contributed by atoms with Crippen LogP contribution in [0.25, 0.3) is 0 Å². The van der Waals surface area contributed by atoms with Crippen molar-refractivity contribution in [2.75, 3.05) is 18.4 Å². The third-order valence-corrected chi connectivity index (χ3v) is 1.25. The summed E-state index contributed by atoms with van der Waals surface area (Å²) in [5.41, 5.74) is 5.26. The van der Waals surface area contributed by atoms with Crippen LogP contribution >= 0.6 is 0 Å². The summed E-state index contributed by atoms with van der Waals surface area (Å²) in [5.74, 6) is 0.638. The molecule has 0 atom stereocenters. The summed E-state index contributed by atoms with van der Waals surface area (Å²) >= 11 is 0. The second kappa shape index (κ2) is 5.26. The van der Waals surface area contributed by atoms with Crippen LogP contribution in [0, 0.1) is 0 Å². The van der Waals surface area contributed by atoms with Gasteiger partial charge in [-0.15, -0.1) is 0 Å². The largest absolute Gasteiger partial charge is 0.351 e. The molecular formula is C8H12N4. The minimum absolute atomic E-state index is 0.567. The lowest BCUT2D eigenvalue weighted by Gasteiger charge is -1.98. The summed E-state index contributed by atoms with van der Waals surface area (Å²) in [6.45, 7) is 1.28. The Hall–Kier alpha value is -1.42. The maximum atomic E-state index is 5.26. The van der Waals surface area contributed by atoms with Gasteiger partial charge in [0.25, 0.3) is 0 Å². The van der Waals surface area contributed by atoms with Crippen molar-refractivity contribution in [2.45, 2.75) is 0 Å². The Kier molecular flexibility index (Phi) is 3.80. The van der Waals surface area contributed by atoms with E-state index in [0.29, 0.717) is 19.0 Å². The van der Waals surface area contributed by atoms with Gasteiger partial charge in [-0.2, -0.15) is 0 Å². The van der Waals surface area contributed by atoms with Crippen molar-refractivity contribution in [2.24, 2.45) is 5.73 Å². The average Bonchev–Trinajstić information content (AvgIpc) is 2.14. The van der Waals surface area contributed by atoms with Gasteiger partial charge in [0.2, 0.25) is 5.95 Å². The van der Waals surface area contributed by atoms with Crippen LogP contribution in [0.5, 0.6) is 0 Å². The van der Waals surface area contributed by atoms with E-state index in [1.165, 1.54) is 0 Å². The van der Waals surface area contributed by atoms with E-state index in [4.69, 9.17) is 5.73 Å². The molecule has 1 aromatic heterocycles. The molecule has 1 rings (SSSR count). The highest BCUT2D eigenvalue weighted by Gasteiger charge is 1.87. The Morgan fingerprint density at radius 2 is 2.08 bits per heavy atom. The maximum absolute atomic E-state index is 5.26. The Morgan fingerprint density at radius 1 is 1.33 bits per heavy atom. The fraction of sp³-hybridized carbons (Fsp3) is 0.250. The molecule has 0 bridgehead atoms. The SMILES string of the molecule is NC/C=C/CNc1ncccn1. The van der Waals surface area contributed by atoms with E-state index in [9.17, 15) is 0 Å². The van der Waals surface area contributed by atoms with E-state index in [1.807, 2.05) is 12.2 Å². The number of aromatic nitrogens is 2. The quantitative estimate of drug-likeness (QED) is 0.632. The van der Waals surface area contributed by atoms with Crippen molar-refractivity contribution < 1.29 is 0 Å². The van der Waals surface area contributed by atoms with E-state index in [1.54, 1.807) is 18.5 Å². The number of hydrogen-bond donors (Lipinski definition) is 2. The average molecular weight is 164 g/mol. The fourth-order valence-corrected chi connectivity index (χ4v) is 0.720. The van der Waals surface area contributed by atoms with Crippen molar-refractivity contribution in [3.05, 3.63) is 30.6 Å². The number of nitrogens with two attached hydrogens (primary N) is 1. The van der Waals surface area contributed by atoms with E-state index in [0.717, 1.165) is 0 Å². The smallest absolute Gasteiger partial charge is 0.222 e. The molecule has 0 unspecified atom stereocenters. The Morgan fingerprint density at radius 3 is 2.75 bits per heavy atom. The van der Waals surface area contributed by atoms with E-state index < -0.39 is 0 Å². The Labute approximate surface area is 71.5 Å². The molecule has 0 aliphatic rings. The Balaban J connectivity index is 2.29. The van der Waals surface area contributed by atoms with Gasteiger partial charge in [0.15, 0.2) is 0 Å². The molecule has 1 heterocycles. The molecule has 0 amide bonds. The third-order valence-electron chi connectivity index (χ3n) is 1.25. The second-order valence-corrected chi connectivity index (χ2v) is 2.16. The number of nitrogens with zero attached hydrogens (tertiary/aromatic N) is 2. The minimum Gasteiger partial charge on any atom is -0.351 e. The van der Waals surface area contributed by atoms with E-state index in [-0.39, 0.29) is 0 Å². The van der Waals surface area contributed by atoms with Gasteiger partial charge in [-0.3, -0.25) is 0 Å². The third kappa shape index (κ3) is 3.12. The monoisotopic (exact) mass is 164 g/mol. The van der Waals surface area contributed by atoms with Gasteiger partial charge in [-0.1, -0.05) is 12.2 Å². The molecule has 12 heavy (non-hydrogen) atoms. The first-order valence-corrected chi connectivity index (χ1v) is 3.79. The molecule has 4 nitrogen and oxygen atoms in total. The molecule has 0 spiro atoms. The van der Waals surface area contributed by atoms with Crippen molar-refractivity contribution in [1.82, 2.24) is 9.97 Å². The molecule has 0 aliphatic carbocycles. The molecule has 0 saturated carbocycles. The minimum atomic E-state index is 0.567. The summed E-state index contributed by atoms with van der Waals surface area (Å²) in [6, 6.07) is 1.78. The van der Waals surface area contributed by atoms with Crippen LogP contribution in [0.1, 0.15) is 0 Å². The molecule has 0 saturated heterocycles. The highest BCUT2D eigenvalue weighted by molar-refractivity contribution is 5.23. The number of rotatable bonds is 4. The predicted molar refractivity (Wildman–Crippen MR) is 48.7 cm³/mol. The van der Waals surface area contributed by atoms with Gasteiger partial charge in [0.1, 0.15) is 0 Å². The molecule has 0 aromatic carbocycles. The molecule has 0 aliphatic heterocycles. The molecule has 0 fully saturated rings. The zero-order valence-corrected chi connectivity index (χ0v) is 6.77. The molecule has 1 aromatic rings. The van der Waals surface area contributed by atoms with Crippen molar-refractivity contribution >= 4 is 5.95 Å². The first-order valence-electron chi connectivity index (χ1n) is 3.79. The number of anilines is 1. The van der Waals surface area contributed by atoms with Gasteiger partial charge >= 0.3 is 0 Å². The summed E-state index contributed by atoms with van der Waals surface area (Å²) in [4.78, 5) is 7.98. The first-order chi connectivity index (χ1) is 5.93. The summed E-state index contributed by atoms with van der Waals surface area (Å²) in [7, 11) is 0. The van der Waals surface area contributed by atoms with Crippen LogP contribution in [0.3, 0.4) is 0 Å². The molecule has 64 valence electrons. The standard InChI is InChI=1S/C8H12N4/c9-4-1-2-5-10-8-11-6-3-7-12-8/h1-3,6-7H,4-5,9H2,(H,10,11,12)/b2-1+. The Bertz CT molecular complexity index is 232. The maximum Gasteiger partial charge on any atom is 0.222 e. The second-order valence-electron chi connectivity index (χ2n) is 2.16. The van der Waals surface area contributed by atoms with Gasteiger partial charge in [0, 0.05) is 25.5 Å². The normalized spacial score (nSPS) is 10.4. The summed E-state index contributed by atoms with van der Waals surface area (Å²) < 4.78 is 0. The lowest BCUT2D eigenvalue weighted by atomic mass is 10.5. The van der Waals surface area contributed by atoms with Gasteiger partial charge in [0.05, 0.1) is 0 Å². The molecule has 0 radical (unpaired) electrons. The van der Waals surface area contributed by atoms with Crippen LogP contribution in [0.4, 0.5) is 5.95 Å². The van der Waals surface area contributed by atoms with E-state index >= 15 is 0 Å². The van der Waals surface area contributed by atoms with Crippen LogP contribution in [0.15, 0.2) is 30.6 Å². The predicted octanol–water partition coefficient (Wildman–Crippen LogP) is 0.403. The fourth-order valence-electron chi connectivity index (χ4n) is 0.720. The lowest BCUT2D eigenvalue weighted by molar-refractivity contribution is 1.11. The first kappa shape index (κ1) is 8.67. The van der Waals surface area contributed by atoms with Crippen LogP contribution in [-0.4, -0.2) is 23.1 Å². The topological polar surface area (TPSA) is 63.8 Å². The van der Waals surface area contributed by atoms with Gasteiger partial charge < -0.3 is 11.1 Å². The molecular weight excluding hydrogens is 152 g/mol. The zero-order valence-electron chi connectivity index (χ0n) is 6.77. The van der Waals surface area contributed by atoms with Crippen LogP contribution in [-0.2, 0) is 0 Å². The number of hydrogen-bond acceptors (Lipinski definition) is 4. The highest BCUT2D eigenvalue weighted by atomic mass is 15.1. The zero-order chi connectivity index (χ0) is 8.65. The van der Waals surface area contributed by atoms with Gasteiger partial charge in [-0.05, 0) is 6.07 Å². The van der Waals surface area contributed by atoms with Crippen molar-refractivity contribution in [3.8, 4) is 0 Å². The highest BCUT2D eigenvalue weighted by Crippen LogP contribution is 1.91. The van der Waals surface area contributed by atoms with Crippen LogP contribution < -0.4 is 11.1 Å². The van der Waals surface area contributed by atoms with Crippen molar-refractivity contribution in [3.63, 3.8) is 0 Å². The number of nitrogens with one attached hydrogen (secondary N) is 1. The van der Waals surface area contributed by atoms with Crippen LogP contribution in [0.2, 0.25) is 0 Å². The van der Waals surface area contributed by atoms with Gasteiger partial charge in [-0.25, -0.2) is 9.97 Å².